The summed E-state index contributed by atoms with van der Waals surface area (Å²) in [4.78, 5) is 42.3. The molecule has 0 aliphatic carbocycles. The lowest BCUT2D eigenvalue weighted by molar-refractivity contribution is -0.136. The third kappa shape index (κ3) is 4.09. The first-order chi connectivity index (χ1) is 17.4. The van der Waals surface area contributed by atoms with Gasteiger partial charge in [0.05, 0.1) is 34.5 Å². The monoisotopic (exact) mass is 500 g/mol. The van der Waals surface area contributed by atoms with Crippen molar-refractivity contribution in [2.24, 2.45) is 4.99 Å². The number of esters is 1. The molecule has 0 saturated heterocycles. The number of carbonyl (C=O) groups excluding carboxylic acids is 1. The summed E-state index contributed by atoms with van der Waals surface area (Å²) in [5.74, 6) is -0.546. The number of nitrogens with zero attached hydrogens (tertiary/aromatic N) is 2. The predicted molar refractivity (Wildman–Crippen MR) is 133 cm³/mol. The van der Waals surface area contributed by atoms with Crippen LogP contribution in [0.25, 0.3) is 17.4 Å². The largest absolute Gasteiger partial charge is 0.478 e. The fourth-order valence-electron chi connectivity index (χ4n) is 4.14. The van der Waals surface area contributed by atoms with E-state index in [9.17, 15) is 14.4 Å². The second kappa shape index (κ2) is 9.27. The third-order valence-electron chi connectivity index (χ3n) is 5.86. The highest BCUT2D eigenvalue weighted by Crippen LogP contribution is 2.30. The maximum absolute atomic E-state index is 13.6. The molecule has 0 bridgehead atoms. The van der Waals surface area contributed by atoms with Crippen LogP contribution in [0.4, 0.5) is 0 Å². The summed E-state index contributed by atoms with van der Waals surface area (Å²) < 4.78 is 12.8. The van der Waals surface area contributed by atoms with E-state index in [4.69, 9.17) is 14.3 Å². The molecule has 5 rings (SSSR count). The van der Waals surface area contributed by atoms with Crippen LogP contribution in [0.2, 0.25) is 0 Å². The van der Waals surface area contributed by atoms with Crippen LogP contribution in [0.15, 0.2) is 92.2 Å². The molecule has 36 heavy (non-hydrogen) atoms. The summed E-state index contributed by atoms with van der Waals surface area (Å²) in [5, 5.41) is 9.08. The van der Waals surface area contributed by atoms with E-state index in [1.165, 1.54) is 35.1 Å². The van der Waals surface area contributed by atoms with Crippen molar-refractivity contribution in [1.82, 2.24) is 4.57 Å². The number of aromatic nitrogens is 1. The van der Waals surface area contributed by atoms with Crippen molar-refractivity contribution in [2.45, 2.75) is 13.0 Å². The minimum Gasteiger partial charge on any atom is -0.478 e. The van der Waals surface area contributed by atoms with Crippen molar-refractivity contribution in [3.05, 3.63) is 115 Å². The Morgan fingerprint density at radius 1 is 1.08 bits per heavy atom. The van der Waals surface area contributed by atoms with Gasteiger partial charge in [-0.3, -0.25) is 9.36 Å². The van der Waals surface area contributed by atoms with Gasteiger partial charge in [0.25, 0.3) is 5.56 Å². The lowest BCUT2D eigenvalue weighted by Gasteiger charge is -2.24. The van der Waals surface area contributed by atoms with Gasteiger partial charge in [0.1, 0.15) is 11.5 Å². The minimum atomic E-state index is -1.00. The third-order valence-corrected chi connectivity index (χ3v) is 6.84. The Kier molecular flexibility index (Phi) is 5.99. The molecule has 0 fully saturated rings. The summed E-state index contributed by atoms with van der Waals surface area (Å²) in [7, 11) is 1.31. The van der Waals surface area contributed by atoms with E-state index in [0.717, 1.165) is 5.56 Å². The van der Waals surface area contributed by atoms with Gasteiger partial charge in [0.15, 0.2) is 4.80 Å². The predicted octanol–water partition coefficient (Wildman–Crippen LogP) is 3.37. The Morgan fingerprint density at radius 3 is 2.47 bits per heavy atom. The van der Waals surface area contributed by atoms with Gasteiger partial charge in [-0.25, -0.2) is 14.6 Å². The van der Waals surface area contributed by atoms with Crippen molar-refractivity contribution in [2.75, 3.05) is 7.11 Å². The number of carboxylic acids is 1. The summed E-state index contributed by atoms with van der Waals surface area (Å²) in [5.41, 5.74) is 2.17. The molecule has 180 valence electrons. The summed E-state index contributed by atoms with van der Waals surface area (Å²) in [6.45, 7) is 1.73. The first-order valence-electron chi connectivity index (χ1n) is 11.0. The summed E-state index contributed by atoms with van der Waals surface area (Å²) >= 11 is 1.21. The number of allylic oxidation sites excluding steroid dienone is 1. The quantitative estimate of drug-likeness (QED) is 0.421. The second-order valence-corrected chi connectivity index (χ2v) is 9.08. The van der Waals surface area contributed by atoms with E-state index < -0.39 is 18.0 Å². The van der Waals surface area contributed by atoms with Crippen LogP contribution in [0, 0.1) is 0 Å². The van der Waals surface area contributed by atoms with Gasteiger partial charge in [0.2, 0.25) is 0 Å². The highest BCUT2D eigenvalue weighted by Gasteiger charge is 2.32. The number of aromatic carboxylic acids is 1. The van der Waals surface area contributed by atoms with Crippen LogP contribution in [0.5, 0.6) is 0 Å². The smallest absolute Gasteiger partial charge is 0.338 e. The Labute approximate surface area is 208 Å². The molecule has 9 heteroatoms. The second-order valence-electron chi connectivity index (χ2n) is 8.07. The molecular formula is C27H20N2O6S. The van der Waals surface area contributed by atoms with Gasteiger partial charge in [-0.05, 0) is 36.8 Å². The number of carbonyl (C=O) groups is 2. The number of benzene rings is 2. The molecule has 0 spiro atoms. The topological polar surface area (TPSA) is 111 Å². The zero-order valence-electron chi connectivity index (χ0n) is 19.3. The van der Waals surface area contributed by atoms with E-state index in [-0.39, 0.29) is 11.1 Å². The number of hydrogen-bond acceptors (Lipinski definition) is 7. The van der Waals surface area contributed by atoms with E-state index in [1.54, 1.807) is 37.3 Å². The number of furan rings is 1. The molecule has 1 aliphatic heterocycles. The maximum Gasteiger partial charge on any atom is 0.338 e. The number of hydrogen-bond donors (Lipinski definition) is 1. The van der Waals surface area contributed by atoms with Crippen LogP contribution in [0.1, 0.15) is 34.6 Å². The van der Waals surface area contributed by atoms with Crippen LogP contribution in [-0.2, 0) is 9.53 Å². The van der Waals surface area contributed by atoms with Crippen molar-refractivity contribution < 1.29 is 23.8 Å². The molecule has 2 aromatic carbocycles. The summed E-state index contributed by atoms with van der Waals surface area (Å²) in [6.07, 6.45) is 1.64. The van der Waals surface area contributed by atoms with Gasteiger partial charge in [-0.2, -0.15) is 0 Å². The zero-order valence-corrected chi connectivity index (χ0v) is 20.1. The van der Waals surface area contributed by atoms with Crippen molar-refractivity contribution >= 4 is 29.4 Å². The molecule has 0 saturated carbocycles. The fraction of sp³-hybridized carbons (Fsp3) is 0.111. The maximum atomic E-state index is 13.6. The van der Waals surface area contributed by atoms with E-state index >= 15 is 0 Å². The molecule has 0 unspecified atom stereocenters. The van der Waals surface area contributed by atoms with Gasteiger partial charge in [-0.15, -0.1) is 0 Å². The lowest BCUT2D eigenvalue weighted by Crippen LogP contribution is -2.39. The van der Waals surface area contributed by atoms with Gasteiger partial charge in [0, 0.05) is 11.6 Å². The molecule has 3 heterocycles. The molecule has 8 nitrogen and oxygen atoms in total. The first-order valence-corrected chi connectivity index (χ1v) is 11.8. The molecule has 1 atom stereocenters. The Bertz CT molecular complexity index is 1690. The van der Waals surface area contributed by atoms with Gasteiger partial charge >= 0.3 is 11.9 Å². The van der Waals surface area contributed by atoms with E-state index in [1.807, 2.05) is 30.3 Å². The Balaban J connectivity index is 1.59. The molecule has 4 aromatic rings. The standard InChI is InChI=1S/C27H20N2O6S/c1-15-22(26(33)34-2)23(17-6-4-3-5-7-17)29-24(30)21(36-27(29)28-15)14-19-12-13-20(35-19)16-8-10-18(11-9-16)25(31)32/h3-14,23H,1-2H3,(H,31,32)/b21-14-/t23-/m1/s1. The first kappa shape index (κ1) is 23.3. The van der Waals surface area contributed by atoms with E-state index in [2.05, 4.69) is 4.99 Å². The van der Waals surface area contributed by atoms with Crippen molar-refractivity contribution in [1.29, 1.82) is 0 Å². The molecule has 1 aliphatic rings. The van der Waals surface area contributed by atoms with E-state index in [0.29, 0.717) is 37.7 Å². The van der Waals surface area contributed by atoms with Crippen molar-refractivity contribution in [3.8, 4) is 11.3 Å². The number of rotatable bonds is 5. The Morgan fingerprint density at radius 2 is 1.81 bits per heavy atom. The number of fused-ring (bicyclic) bond motifs is 1. The normalized spacial score (nSPS) is 15.4. The minimum absolute atomic E-state index is 0.182. The van der Waals surface area contributed by atoms with Gasteiger partial charge < -0.3 is 14.3 Å². The molecule has 0 amide bonds. The van der Waals surface area contributed by atoms with Crippen LogP contribution in [0.3, 0.4) is 0 Å². The van der Waals surface area contributed by atoms with Crippen LogP contribution >= 0.6 is 11.3 Å². The van der Waals surface area contributed by atoms with Gasteiger partial charge in [-0.1, -0.05) is 53.8 Å². The van der Waals surface area contributed by atoms with Crippen LogP contribution < -0.4 is 14.9 Å². The average Bonchev–Trinajstić information content (AvgIpc) is 3.48. The van der Waals surface area contributed by atoms with Crippen molar-refractivity contribution in [3.63, 3.8) is 0 Å². The SMILES string of the molecule is COC(=O)C1=C(C)N=c2s/c(=C\c3ccc(-c4ccc(C(=O)O)cc4)o3)c(=O)n2[C@@H]1c1ccccc1. The number of thiazole rings is 1. The molecule has 1 N–H and O–H groups in total. The lowest BCUT2D eigenvalue weighted by atomic mass is 9.96. The molecule has 2 aromatic heterocycles. The number of ether oxygens (including phenoxy) is 1. The average molecular weight is 501 g/mol. The molecule has 0 radical (unpaired) electrons. The fourth-order valence-corrected chi connectivity index (χ4v) is 5.16. The highest BCUT2D eigenvalue weighted by atomic mass is 32.1. The molecular weight excluding hydrogens is 480 g/mol. The highest BCUT2D eigenvalue weighted by molar-refractivity contribution is 7.07. The summed E-state index contributed by atoms with van der Waals surface area (Å²) in [6, 6.07) is 18.4. The Hall–Kier alpha value is -4.50. The zero-order chi connectivity index (χ0) is 25.4. The number of carboxylic acid groups (broad SMARTS) is 1. The number of methoxy groups -OCH3 is 1. The van der Waals surface area contributed by atoms with Crippen LogP contribution in [-0.4, -0.2) is 28.7 Å².